The molecule has 9 nitrogen and oxygen atoms in total. The molecule has 11 heteroatoms. The predicted molar refractivity (Wildman–Crippen MR) is 159 cm³/mol. The summed E-state index contributed by atoms with van der Waals surface area (Å²) in [6.07, 6.45) is 0. The zero-order valence-electron chi connectivity index (χ0n) is 22.3. The van der Waals surface area contributed by atoms with Crippen molar-refractivity contribution in [3.05, 3.63) is 86.9 Å². The van der Waals surface area contributed by atoms with E-state index in [0.29, 0.717) is 31.6 Å². The van der Waals surface area contributed by atoms with E-state index in [2.05, 4.69) is 21.2 Å². The molecule has 2 aromatic carbocycles. The van der Waals surface area contributed by atoms with Crippen LogP contribution in [0.5, 0.6) is 11.5 Å². The van der Waals surface area contributed by atoms with Crippen LogP contribution in [0, 0.1) is 0 Å². The molecule has 0 fully saturated rings. The number of ether oxygens (including phenoxy) is 1. The van der Waals surface area contributed by atoms with Gasteiger partial charge in [-0.1, -0.05) is 12.1 Å². The van der Waals surface area contributed by atoms with Crippen molar-refractivity contribution in [3.63, 3.8) is 0 Å². The Morgan fingerprint density at radius 2 is 1.57 bits per heavy atom. The van der Waals surface area contributed by atoms with Crippen LogP contribution in [0.15, 0.2) is 71.1 Å². The molecule has 0 saturated carbocycles. The van der Waals surface area contributed by atoms with Gasteiger partial charge in [-0.15, -0.1) is 22.7 Å². The molecule has 2 heterocycles. The van der Waals surface area contributed by atoms with Crippen LogP contribution in [-0.2, 0) is 4.79 Å². The molecule has 40 heavy (non-hydrogen) atoms. The Morgan fingerprint density at radius 3 is 2.20 bits per heavy atom. The lowest BCUT2D eigenvalue weighted by atomic mass is 10.1. The van der Waals surface area contributed by atoms with Crippen LogP contribution >= 0.6 is 22.7 Å². The number of anilines is 1. The Kier molecular flexibility index (Phi) is 8.97. The Labute approximate surface area is 239 Å². The SMILES string of the molecule is COc1ccc(-c2scc(C(C)=NNC(=O)c3ccc(C(=O)NC(C)c4ccc(NC(C)=O)cc4)s3)c2O)cc1. The first-order valence-corrected chi connectivity index (χ1v) is 13.9. The number of benzene rings is 2. The largest absolute Gasteiger partial charge is 0.506 e. The fraction of sp³-hybridized carbons (Fsp3) is 0.172. The third-order valence-corrected chi connectivity index (χ3v) is 8.07. The molecule has 0 aliphatic carbocycles. The number of nitrogens with zero attached hydrogens (tertiary/aromatic N) is 1. The summed E-state index contributed by atoms with van der Waals surface area (Å²) >= 11 is 2.42. The molecular weight excluding hydrogens is 548 g/mol. The number of hydrazone groups is 1. The standard InChI is InChI=1S/C29H28N4O5S2/c1-16(19-5-9-21(10-6-19)31-18(3)34)30-28(36)24-13-14-25(40-24)29(37)33-32-17(2)23-15-39-27(26(23)35)20-7-11-22(38-4)12-8-20/h5-16,35H,1-4H3,(H,30,36)(H,31,34)(H,33,37). The van der Waals surface area contributed by atoms with Gasteiger partial charge in [-0.2, -0.15) is 5.10 Å². The molecule has 0 bridgehead atoms. The van der Waals surface area contributed by atoms with Crippen LogP contribution in [-0.4, -0.2) is 35.6 Å². The maximum Gasteiger partial charge on any atom is 0.281 e. The summed E-state index contributed by atoms with van der Waals surface area (Å²) in [5, 5.41) is 22.3. The summed E-state index contributed by atoms with van der Waals surface area (Å²) in [6.45, 7) is 4.98. The fourth-order valence-corrected chi connectivity index (χ4v) is 5.61. The highest BCUT2D eigenvalue weighted by Gasteiger charge is 2.18. The molecule has 0 radical (unpaired) electrons. The number of hydrogen-bond donors (Lipinski definition) is 4. The van der Waals surface area contributed by atoms with Crippen LogP contribution in [0.2, 0.25) is 0 Å². The number of carbonyl (C=O) groups is 3. The molecule has 4 rings (SSSR count). The zero-order valence-corrected chi connectivity index (χ0v) is 23.9. The van der Waals surface area contributed by atoms with E-state index in [1.807, 2.05) is 43.3 Å². The van der Waals surface area contributed by atoms with Gasteiger partial charge in [0.2, 0.25) is 5.91 Å². The van der Waals surface area contributed by atoms with E-state index >= 15 is 0 Å². The first-order chi connectivity index (χ1) is 19.2. The smallest absolute Gasteiger partial charge is 0.281 e. The molecule has 0 saturated heterocycles. The maximum atomic E-state index is 12.8. The lowest BCUT2D eigenvalue weighted by Crippen LogP contribution is -2.25. The molecule has 4 N–H and O–H groups in total. The Bertz CT molecular complexity index is 1560. The Balaban J connectivity index is 1.36. The van der Waals surface area contributed by atoms with Gasteiger partial charge in [0.1, 0.15) is 11.5 Å². The molecule has 0 aliphatic heterocycles. The van der Waals surface area contributed by atoms with Crippen LogP contribution in [0.25, 0.3) is 10.4 Å². The number of nitrogens with one attached hydrogen (secondary N) is 3. The predicted octanol–water partition coefficient (Wildman–Crippen LogP) is 5.79. The average molecular weight is 577 g/mol. The number of carbonyl (C=O) groups excluding carboxylic acids is 3. The quantitative estimate of drug-likeness (QED) is 0.148. The number of methoxy groups -OCH3 is 1. The van der Waals surface area contributed by atoms with Crippen LogP contribution in [0.3, 0.4) is 0 Å². The molecule has 4 aromatic rings. The summed E-state index contributed by atoms with van der Waals surface area (Å²) in [5.41, 5.74) is 5.84. The minimum absolute atomic E-state index is 0.0830. The van der Waals surface area contributed by atoms with Gasteiger partial charge in [0, 0.05) is 18.0 Å². The normalized spacial score (nSPS) is 11.9. The molecule has 0 aliphatic rings. The van der Waals surface area contributed by atoms with Gasteiger partial charge < -0.3 is 20.5 Å². The van der Waals surface area contributed by atoms with Gasteiger partial charge in [0.25, 0.3) is 11.8 Å². The van der Waals surface area contributed by atoms with Gasteiger partial charge in [0.15, 0.2) is 0 Å². The van der Waals surface area contributed by atoms with Crippen molar-refractivity contribution in [1.29, 1.82) is 0 Å². The van der Waals surface area contributed by atoms with Gasteiger partial charge in [-0.3, -0.25) is 14.4 Å². The van der Waals surface area contributed by atoms with Gasteiger partial charge in [-0.25, -0.2) is 5.43 Å². The lowest BCUT2D eigenvalue weighted by molar-refractivity contribution is -0.114. The number of aromatic hydroxyl groups is 1. The first kappa shape index (κ1) is 28.5. The van der Waals surface area contributed by atoms with E-state index in [1.165, 1.54) is 18.3 Å². The van der Waals surface area contributed by atoms with Crippen molar-refractivity contribution in [1.82, 2.24) is 10.7 Å². The highest BCUT2D eigenvalue weighted by molar-refractivity contribution is 7.16. The van der Waals surface area contributed by atoms with Crippen LogP contribution in [0.1, 0.15) is 57.3 Å². The second kappa shape index (κ2) is 12.6. The van der Waals surface area contributed by atoms with E-state index in [4.69, 9.17) is 4.74 Å². The summed E-state index contributed by atoms with van der Waals surface area (Å²) in [5.74, 6) is -0.124. The summed E-state index contributed by atoms with van der Waals surface area (Å²) in [7, 11) is 1.59. The fourth-order valence-electron chi connectivity index (χ4n) is 3.80. The second-order valence-corrected chi connectivity index (χ2v) is 10.8. The molecular formula is C29H28N4O5S2. The van der Waals surface area contributed by atoms with Crippen molar-refractivity contribution in [2.45, 2.75) is 26.8 Å². The topological polar surface area (TPSA) is 129 Å². The second-order valence-electron chi connectivity index (χ2n) is 8.86. The number of rotatable bonds is 9. The highest BCUT2D eigenvalue weighted by atomic mass is 32.1. The average Bonchev–Trinajstić information content (AvgIpc) is 3.59. The summed E-state index contributed by atoms with van der Waals surface area (Å²) in [6, 6.07) is 17.4. The molecule has 0 spiro atoms. The lowest BCUT2D eigenvalue weighted by Gasteiger charge is -2.14. The molecule has 3 amide bonds. The maximum absolute atomic E-state index is 12.8. The Morgan fingerprint density at radius 1 is 0.925 bits per heavy atom. The van der Waals surface area contributed by atoms with E-state index in [0.717, 1.165) is 28.2 Å². The van der Waals surface area contributed by atoms with Crippen LogP contribution in [0.4, 0.5) is 5.69 Å². The van der Waals surface area contributed by atoms with Crippen molar-refractivity contribution in [2.24, 2.45) is 5.10 Å². The van der Waals surface area contributed by atoms with Crippen molar-refractivity contribution in [2.75, 3.05) is 12.4 Å². The van der Waals surface area contributed by atoms with E-state index in [1.54, 1.807) is 43.7 Å². The highest BCUT2D eigenvalue weighted by Crippen LogP contribution is 2.39. The molecule has 1 atom stereocenters. The van der Waals surface area contributed by atoms with E-state index in [9.17, 15) is 19.5 Å². The minimum Gasteiger partial charge on any atom is -0.506 e. The zero-order chi connectivity index (χ0) is 28.8. The minimum atomic E-state index is -0.463. The van der Waals surface area contributed by atoms with Gasteiger partial charge >= 0.3 is 0 Å². The third-order valence-electron chi connectivity index (χ3n) is 5.96. The molecule has 2 aromatic heterocycles. The van der Waals surface area contributed by atoms with Gasteiger partial charge in [0.05, 0.1) is 39.1 Å². The monoisotopic (exact) mass is 576 g/mol. The number of hydrogen-bond acceptors (Lipinski definition) is 8. The molecule has 1 unspecified atom stereocenters. The number of amides is 3. The van der Waals surface area contributed by atoms with Crippen molar-refractivity contribution < 1.29 is 24.2 Å². The number of thiophene rings is 2. The van der Waals surface area contributed by atoms with E-state index < -0.39 is 5.91 Å². The van der Waals surface area contributed by atoms with Gasteiger partial charge in [-0.05, 0) is 73.5 Å². The van der Waals surface area contributed by atoms with Crippen LogP contribution < -0.4 is 20.8 Å². The molecule has 206 valence electrons. The third kappa shape index (κ3) is 6.74. The van der Waals surface area contributed by atoms with E-state index in [-0.39, 0.29) is 23.6 Å². The van der Waals surface area contributed by atoms with Crippen molar-refractivity contribution >= 4 is 51.8 Å². The summed E-state index contributed by atoms with van der Waals surface area (Å²) < 4.78 is 5.18. The summed E-state index contributed by atoms with van der Waals surface area (Å²) in [4.78, 5) is 38.0. The van der Waals surface area contributed by atoms with Crippen molar-refractivity contribution in [3.8, 4) is 21.9 Å². The Hall–Kier alpha value is -4.48. The first-order valence-electron chi connectivity index (χ1n) is 12.2.